The Labute approximate surface area is 181 Å². The van der Waals surface area contributed by atoms with Crippen LogP contribution in [0.2, 0.25) is 0 Å². The second-order valence-corrected chi connectivity index (χ2v) is 8.70. The van der Waals surface area contributed by atoms with Crippen LogP contribution in [-0.2, 0) is 6.42 Å². The lowest BCUT2D eigenvalue weighted by Gasteiger charge is -2.38. The molecule has 2 aromatic heterocycles. The summed E-state index contributed by atoms with van der Waals surface area (Å²) in [6.07, 6.45) is 8.92. The van der Waals surface area contributed by atoms with Crippen molar-refractivity contribution in [1.29, 1.82) is 0 Å². The van der Waals surface area contributed by atoms with E-state index in [1.807, 2.05) is 12.3 Å². The van der Waals surface area contributed by atoms with Gasteiger partial charge >= 0.3 is 0 Å². The molecule has 1 aliphatic carbocycles. The van der Waals surface area contributed by atoms with Crippen LogP contribution in [0.3, 0.4) is 0 Å². The Kier molecular flexibility index (Phi) is 4.63. The SMILES string of the molecule is c1ccc2c(c1)CCCN2[C@@H](c1ccc2ncccc2c1)c1nnnn1C1CCCC1. The van der Waals surface area contributed by atoms with Crippen LogP contribution in [0.5, 0.6) is 0 Å². The minimum absolute atomic E-state index is 0.0262. The summed E-state index contributed by atoms with van der Waals surface area (Å²) in [5.41, 5.74) is 4.93. The number of pyridine rings is 1. The largest absolute Gasteiger partial charge is 0.357 e. The Morgan fingerprint density at radius 2 is 1.84 bits per heavy atom. The van der Waals surface area contributed by atoms with Gasteiger partial charge in [-0.3, -0.25) is 4.98 Å². The summed E-state index contributed by atoms with van der Waals surface area (Å²) in [7, 11) is 0. The minimum Gasteiger partial charge on any atom is -0.357 e. The molecule has 1 atom stereocenters. The fourth-order valence-electron chi connectivity index (χ4n) is 5.35. The highest BCUT2D eigenvalue weighted by atomic mass is 15.6. The summed E-state index contributed by atoms with van der Waals surface area (Å²) in [6.45, 7) is 0.990. The molecule has 0 saturated heterocycles. The number of aryl methyl sites for hydroxylation is 1. The topological polar surface area (TPSA) is 59.7 Å². The van der Waals surface area contributed by atoms with Gasteiger partial charge in [0.25, 0.3) is 0 Å². The highest BCUT2D eigenvalue weighted by Crippen LogP contribution is 2.39. The highest BCUT2D eigenvalue weighted by Gasteiger charge is 2.33. The third kappa shape index (κ3) is 3.26. The molecule has 1 aliphatic heterocycles. The van der Waals surface area contributed by atoms with Gasteiger partial charge in [-0.25, -0.2) is 4.68 Å². The first kappa shape index (κ1) is 18.5. The molecule has 31 heavy (non-hydrogen) atoms. The molecule has 0 N–H and O–H groups in total. The van der Waals surface area contributed by atoms with E-state index in [0.29, 0.717) is 6.04 Å². The molecule has 1 saturated carbocycles. The van der Waals surface area contributed by atoms with Gasteiger partial charge in [0.2, 0.25) is 0 Å². The molecule has 2 aromatic carbocycles. The van der Waals surface area contributed by atoms with Crippen LogP contribution < -0.4 is 4.90 Å². The number of para-hydroxylation sites is 1. The molecule has 0 radical (unpaired) electrons. The number of tetrazole rings is 1. The van der Waals surface area contributed by atoms with Crippen molar-refractivity contribution < 1.29 is 0 Å². The van der Waals surface area contributed by atoms with Crippen LogP contribution in [0.25, 0.3) is 10.9 Å². The van der Waals surface area contributed by atoms with Gasteiger partial charge < -0.3 is 4.90 Å². The smallest absolute Gasteiger partial charge is 0.178 e. The number of fused-ring (bicyclic) bond motifs is 2. The van der Waals surface area contributed by atoms with Crippen molar-refractivity contribution in [2.45, 2.75) is 50.6 Å². The van der Waals surface area contributed by atoms with Gasteiger partial charge in [0, 0.05) is 23.8 Å². The van der Waals surface area contributed by atoms with E-state index in [0.717, 1.165) is 49.0 Å². The quantitative estimate of drug-likeness (QED) is 0.480. The molecule has 0 unspecified atom stereocenters. The summed E-state index contributed by atoms with van der Waals surface area (Å²) < 4.78 is 2.11. The van der Waals surface area contributed by atoms with Crippen LogP contribution in [0.4, 0.5) is 5.69 Å². The van der Waals surface area contributed by atoms with Crippen molar-refractivity contribution in [3.8, 4) is 0 Å². The third-order valence-electron chi connectivity index (χ3n) is 6.83. The molecule has 0 amide bonds. The maximum atomic E-state index is 4.61. The minimum atomic E-state index is -0.0262. The van der Waals surface area contributed by atoms with E-state index < -0.39 is 0 Å². The number of rotatable bonds is 4. The summed E-state index contributed by atoms with van der Waals surface area (Å²) >= 11 is 0. The zero-order valence-corrected chi connectivity index (χ0v) is 17.6. The lowest BCUT2D eigenvalue weighted by molar-refractivity contribution is 0.426. The van der Waals surface area contributed by atoms with E-state index >= 15 is 0 Å². The van der Waals surface area contributed by atoms with Gasteiger partial charge in [-0.2, -0.15) is 0 Å². The van der Waals surface area contributed by atoms with Crippen molar-refractivity contribution >= 4 is 16.6 Å². The Balaban J connectivity index is 1.52. The molecule has 6 rings (SSSR count). The highest BCUT2D eigenvalue weighted by molar-refractivity contribution is 5.79. The summed E-state index contributed by atoms with van der Waals surface area (Å²) in [6, 6.07) is 19.9. The van der Waals surface area contributed by atoms with E-state index in [1.54, 1.807) is 0 Å². The van der Waals surface area contributed by atoms with Gasteiger partial charge in [-0.15, -0.1) is 5.10 Å². The number of nitrogens with zero attached hydrogens (tertiary/aromatic N) is 6. The number of benzene rings is 2. The van der Waals surface area contributed by atoms with Crippen LogP contribution in [-0.4, -0.2) is 31.7 Å². The Morgan fingerprint density at radius 3 is 2.77 bits per heavy atom. The number of anilines is 1. The van der Waals surface area contributed by atoms with Crippen molar-refractivity contribution in [2.75, 3.05) is 11.4 Å². The Bertz CT molecular complexity index is 1210. The summed E-state index contributed by atoms with van der Waals surface area (Å²) in [5, 5.41) is 14.4. The number of hydrogen-bond acceptors (Lipinski definition) is 5. The van der Waals surface area contributed by atoms with Crippen molar-refractivity contribution in [2.24, 2.45) is 0 Å². The van der Waals surface area contributed by atoms with Crippen LogP contribution >= 0.6 is 0 Å². The van der Waals surface area contributed by atoms with Crippen LogP contribution in [0.15, 0.2) is 60.8 Å². The monoisotopic (exact) mass is 410 g/mol. The summed E-state index contributed by atoms with van der Waals surface area (Å²) in [5.74, 6) is 0.951. The average Bonchev–Trinajstić information content (AvgIpc) is 3.52. The lowest BCUT2D eigenvalue weighted by atomic mass is 9.95. The van der Waals surface area contributed by atoms with Crippen LogP contribution in [0, 0.1) is 0 Å². The first-order chi connectivity index (χ1) is 15.4. The lowest BCUT2D eigenvalue weighted by Crippen LogP contribution is -2.36. The van der Waals surface area contributed by atoms with Crippen LogP contribution in [0.1, 0.15) is 61.1 Å². The van der Waals surface area contributed by atoms with E-state index in [9.17, 15) is 0 Å². The Hall–Kier alpha value is -3.28. The third-order valence-corrected chi connectivity index (χ3v) is 6.83. The van der Waals surface area contributed by atoms with E-state index in [2.05, 4.69) is 78.6 Å². The zero-order chi connectivity index (χ0) is 20.6. The molecular weight excluding hydrogens is 384 g/mol. The summed E-state index contributed by atoms with van der Waals surface area (Å²) in [4.78, 5) is 7.02. The van der Waals surface area contributed by atoms with Crippen molar-refractivity contribution in [1.82, 2.24) is 25.2 Å². The molecule has 3 heterocycles. The maximum absolute atomic E-state index is 4.61. The van der Waals surface area contributed by atoms with Gasteiger partial charge in [-0.05, 0) is 71.5 Å². The molecule has 0 spiro atoms. The fourth-order valence-corrected chi connectivity index (χ4v) is 5.35. The van der Waals surface area contributed by atoms with Gasteiger partial charge in [-0.1, -0.05) is 43.2 Å². The predicted octanol–water partition coefficient (Wildman–Crippen LogP) is 4.88. The maximum Gasteiger partial charge on any atom is 0.178 e. The molecule has 2 aliphatic rings. The predicted molar refractivity (Wildman–Crippen MR) is 121 cm³/mol. The Morgan fingerprint density at radius 1 is 0.935 bits per heavy atom. The molecule has 1 fully saturated rings. The first-order valence-corrected chi connectivity index (χ1v) is 11.4. The van der Waals surface area contributed by atoms with E-state index in [4.69, 9.17) is 0 Å². The van der Waals surface area contributed by atoms with E-state index in [-0.39, 0.29) is 6.04 Å². The van der Waals surface area contributed by atoms with E-state index in [1.165, 1.54) is 29.7 Å². The van der Waals surface area contributed by atoms with Crippen molar-refractivity contribution in [3.05, 3.63) is 77.7 Å². The molecule has 4 aromatic rings. The first-order valence-electron chi connectivity index (χ1n) is 11.4. The fraction of sp³-hybridized carbons (Fsp3) is 0.360. The van der Waals surface area contributed by atoms with Gasteiger partial charge in [0.15, 0.2) is 5.82 Å². The van der Waals surface area contributed by atoms with Crippen molar-refractivity contribution in [3.63, 3.8) is 0 Å². The second-order valence-electron chi connectivity index (χ2n) is 8.70. The molecule has 6 nitrogen and oxygen atoms in total. The van der Waals surface area contributed by atoms with Gasteiger partial charge in [0.05, 0.1) is 11.6 Å². The van der Waals surface area contributed by atoms with Gasteiger partial charge in [0.1, 0.15) is 6.04 Å². The standard InChI is InChI=1S/C25H26N6/c1-4-12-23-18(7-1)9-6-16-30(23)24(20-13-14-22-19(17-20)8-5-15-26-22)25-27-28-29-31(25)21-10-2-3-11-21/h1,4-5,7-8,12-15,17,21,24H,2-3,6,9-11,16H2/t24-/m0/s1. The number of aromatic nitrogens is 5. The normalized spacial score (nSPS) is 17.7. The number of hydrogen-bond donors (Lipinski definition) is 0. The average molecular weight is 411 g/mol. The zero-order valence-electron chi connectivity index (χ0n) is 17.6. The molecule has 6 heteroatoms. The second kappa shape index (κ2) is 7.76. The molecular formula is C25H26N6. The molecule has 0 bridgehead atoms. The molecule has 156 valence electrons.